The molecule has 3 rings (SSSR count). The molecule has 0 saturated carbocycles. The van der Waals surface area contributed by atoms with Crippen molar-refractivity contribution in [3.63, 3.8) is 0 Å². The van der Waals surface area contributed by atoms with Crippen LogP contribution in [0.1, 0.15) is 0 Å². The van der Waals surface area contributed by atoms with Crippen molar-refractivity contribution in [2.45, 2.75) is 0 Å². The Labute approximate surface area is 134 Å². The van der Waals surface area contributed by atoms with Crippen LogP contribution >= 0.6 is 0 Å². The van der Waals surface area contributed by atoms with E-state index in [9.17, 15) is 0 Å². The molecule has 0 saturated heterocycles. The maximum absolute atomic E-state index is 5.30. The van der Waals surface area contributed by atoms with Crippen LogP contribution in [0.4, 0.5) is 11.6 Å². The van der Waals surface area contributed by atoms with Crippen LogP contribution in [0, 0.1) is 6.07 Å². The topological polar surface area (TPSA) is 56.3 Å². The summed E-state index contributed by atoms with van der Waals surface area (Å²) in [5.41, 5.74) is 2.64. The summed E-state index contributed by atoms with van der Waals surface area (Å²) in [5.74, 6) is 1.83. The lowest BCUT2D eigenvalue weighted by atomic mass is 10.1. The fraction of sp³-hybridized carbons (Fsp3) is 0.111. The van der Waals surface area contributed by atoms with E-state index in [0.717, 1.165) is 16.9 Å². The number of nitrogens with one attached hydrogen (secondary N) is 1. The number of hydrogen-bond acceptors (Lipinski definition) is 5. The highest BCUT2D eigenvalue weighted by Gasteiger charge is 2.06. The molecule has 0 spiro atoms. The Bertz CT molecular complexity index is 791. The Morgan fingerprint density at radius 2 is 1.91 bits per heavy atom. The first kappa shape index (κ1) is 14.8. The SMILES string of the molecule is COc1ccc(Nc2nccc(-c3c[c]ccc3)n2)cc1OC. The molecule has 1 heterocycles. The molecule has 23 heavy (non-hydrogen) atoms. The average Bonchev–Trinajstić information content (AvgIpc) is 2.62. The summed E-state index contributed by atoms with van der Waals surface area (Å²) in [4.78, 5) is 8.78. The molecule has 0 amide bonds. The highest BCUT2D eigenvalue weighted by atomic mass is 16.5. The third-order valence-corrected chi connectivity index (χ3v) is 3.30. The average molecular weight is 306 g/mol. The van der Waals surface area contributed by atoms with Gasteiger partial charge in [0.1, 0.15) is 0 Å². The van der Waals surface area contributed by atoms with Crippen LogP contribution in [-0.4, -0.2) is 24.2 Å². The van der Waals surface area contributed by atoms with Crippen LogP contribution in [0.5, 0.6) is 11.5 Å². The van der Waals surface area contributed by atoms with E-state index in [1.54, 1.807) is 20.4 Å². The van der Waals surface area contributed by atoms with Crippen LogP contribution in [-0.2, 0) is 0 Å². The lowest BCUT2D eigenvalue weighted by molar-refractivity contribution is 0.355. The van der Waals surface area contributed by atoms with Crippen molar-refractivity contribution in [2.24, 2.45) is 0 Å². The van der Waals surface area contributed by atoms with E-state index in [0.29, 0.717) is 17.4 Å². The number of hydrogen-bond donors (Lipinski definition) is 1. The fourth-order valence-corrected chi connectivity index (χ4v) is 2.18. The summed E-state index contributed by atoms with van der Waals surface area (Å²) in [6.07, 6.45) is 1.72. The van der Waals surface area contributed by atoms with E-state index in [4.69, 9.17) is 9.47 Å². The number of benzene rings is 2. The van der Waals surface area contributed by atoms with Gasteiger partial charge in [-0.3, -0.25) is 0 Å². The van der Waals surface area contributed by atoms with E-state index in [1.807, 2.05) is 48.5 Å². The van der Waals surface area contributed by atoms with Crippen molar-refractivity contribution < 1.29 is 9.47 Å². The third kappa shape index (κ3) is 3.40. The van der Waals surface area contributed by atoms with Gasteiger partial charge in [-0.05, 0) is 30.3 Å². The van der Waals surface area contributed by atoms with Crippen LogP contribution in [0.15, 0.2) is 54.7 Å². The molecule has 1 N–H and O–H groups in total. The Hall–Kier alpha value is -3.08. The lowest BCUT2D eigenvalue weighted by Crippen LogP contribution is -1.99. The number of methoxy groups -OCH3 is 2. The molecule has 0 aliphatic heterocycles. The molecule has 5 heteroatoms. The summed E-state index contributed by atoms with van der Waals surface area (Å²) in [5, 5.41) is 3.17. The minimum Gasteiger partial charge on any atom is -0.493 e. The Morgan fingerprint density at radius 3 is 2.65 bits per heavy atom. The Balaban J connectivity index is 1.86. The second-order valence-electron chi connectivity index (χ2n) is 4.75. The molecule has 1 radical (unpaired) electrons. The minimum atomic E-state index is 0.513. The number of nitrogens with zero attached hydrogens (tertiary/aromatic N) is 2. The van der Waals surface area contributed by atoms with Gasteiger partial charge in [-0.1, -0.05) is 18.2 Å². The largest absolute Gasteiger partial charge is 0.493 e. The smallest absolute Gasteiger partial charge is 0.227 e. The number of ether oxygens (including phenoxy) is 2. The first-order valence-electron chi connectivity index (χ1n) is 7.09. The van der Waals surface area contributed by atoms with E-state index >= 15 is 0 Å². The van der Waals surface area contributed by atoms with Crippen LogP contribution in [0.3, 0.4) is 0 Å². The van der Waals surface area contributed by atoms with Gasteiger partial charge in [0.15, 0.2) is 11.5 Å². The first-order valence-corrected chi connectivity index (χ1v) is 7.09. The van der Waals surface area contributed by atoms with Crippen molar-refractivity contribution in [2.75, 3.05) is 19.5 Å². The summed E-state index contributed by atoms with van der Waals surface area (Å²) in [6, 6.07) is 18.1. The van der Waals surface area contributed by atoms with Gasteiger partial charge in [-0.15, -0.1) is 0 Å². The minimum absolute atomic E-state index is 0.513. The molecule has 0 atom stereocenters. The standard InChI is InChI=1S/C18H16N3O2/c1-22-16-9-8-14(12-17(16)23-2)20-18-19-11-10-15(21-18)13-6-4-3-5-7-13/h3-4,6-12H,1-2H3,(H,19,20,21). The molecule has 5 nitrogen and oxygen atoms in total. The van der Waals surface area contributed by atoms with Crippen LogP contribution in [0.2, 0.25) is 0 Å². The Morgan fingerprint density at radius 1 is 1.04 bits per heavy atom. The molecule has 0 bridgehead atoms. The van der Waals surface area contributed by atoms with Gasteiger partial charge in [-0.2, -0.15) is 0 Å². The van der Waals surface area contributed by atoms with E-state index < -0.39 is 0 Å². The quantitative estimate of drug-likeness (QED) is 0.779. The predicted molar refractivity (Wildman–Crippen MR) is 89.1 cm³/mol. The molecule has 2 aromatic carbocycles. The predicted octanol–water partition coefficient (Wildman–Crippen LogP) is 3.70. The molecule has 0 unspecified atom stereocenters. The summed E-state index contributed by atoms with van der Waals surface area (Å²) < 4.78 is 10.5. The number of aromatic nitrogens is 2. The van der Waals surface area contributed by atoms with Gasteiger partial charge < -0.3 is 14.8 Å². The van der Waals surface area contributed by atoms with Crippen molar-refractivity contribution in [3.8, 4) is 22.8 Å². The monoisotopic (exact) mass is 306 g/mol. The van der Waals surface area contributed by atoms with E-state index in [1.165, 1.54) is 0 Å². The molecule has 0 aliphatic rings. The summed E-state index contributed by atoms with van der Waals surface area (Å²) in [6.45, 7) is 0. The van der Waals surface area contributed by atoms with Crippen molar-refractivity contribution in [1.82, 2.24) is 9.97 Å². The highest BCUT2D eigenvalue weighted by molar-refractivity contribution is 5.63. The number of anilines is 2. The fourth-order valence-electron chi connectivity index (χ4n) is 2.18. The van der Waals surface area contributed by atoms with Crippen LogP contribution < -0.4 is 14.8 Å². The molecular weight excluding hydrogens is 290 g/mol. The second-order valence-corrected chi connectivity index (χ2v) is 4.75. The first-order chi connectivity index (χ1) is 11.3. The molecular formula is C18H16N3O2. The van der Waals surface area contributed by atoms with Crippen molar-refractivity contribution >= 4 is 11.6 Å². The normalized spacial score (nSPS) is 10.2. The Kier molecular flexibility index (Phi) is 4.38. The summed E-state index contributed by atoms with van der Waals surface area (Å²) >= 11 is 0. The van der Waals surface area contributed by atoms with Gasteiger partial charge in [0, 0.05) is 23.5 Å². The van der Waals surface area contributed by atoms with Gasteiger partial charge in [-0.25, -0.2) is 9.97 Å². The molecule has 1 aromatic heterocycles. The molecule has 3 aromatic rings. The number of rotatable bonds is 5. The zero-order valence-corrected chi connectivity index (χ0v) is 12.9. The lowest BCUT2D eigenvalue weighted by Gasteiger charge is -2.11. The van der Waals surface area contributed by atoms with Gasteiger partial charge in [0.05, 0.1) is 19.9 Å². The van der Waals surface area contributed by atoms with Crippen LogP contribution in [0.25, 0.3) is 11.3 Å². The zero-order valence-electron chi connectivity index (χ0n) is 12.9. The van der Waals surface area contributed by atoms with Crippen molar-refractivity contribution in [3.05, 3.63) is 60.8 Å². The van der Waals surface area contributed by atoms with Crippen molar-refractivity contribution in [1.29, 1.82) is 0 Å². The van der Waals surface area contributed by atoms with E-state index in [-0.39, 0.29) is 0 Å². The molecule has 0 fully saturated rings. The molecule has 115 valence electrons. The summed E-state index contributed by atoms with van der Waals surface area (Å²) in [7, 11) is 3.21. The van der Waals surface area contributed by atoms with Gasteiger partial charge in [0.25, 0.3) is 0 Å². The highest BCUT2D eigenvalue weighted by Crippen LogP contribution is 2.30. The van der Waals surface area contributed by atoms with E-state index in [2.05, 4.69) is 21.4 Å². The maximum atomic E-state index is 5.30. The van der Waals surface area contributed by atoms with Gasteiger partial charge >= 0.3 is 0 Å². The maximum Gasteiger partial charge on any atom is 0.227 e. The molecule has 0 aliphatic carbocycles. The second kappa shape index (κ2) is 6.79. The zero-order chi connectivity index (χ0) is 16.1. The third-order valence-electron chi connectivity index (χ3n) is 3.30. The van der Waals surface area contributed by atoms with Gasteiger partial charge in [0.2, 0.25) is 5.95 Å².